The first-order chi connectivity index (χ1) is 9.73. The van der Waals surface area contributed by atoms with E-state index in [0.717, 1.165) is 0 Å². The Morgan fingerprint density at radius 2 is 1.30 bits per heavy atom. The third-order valence-electron chi connectivity index (χ3n) is 3.30. The number of hydrogen-bond acceptors (Lipinski definition) is 2. The topological polar surface area (TPSA) is 26.3 Å². The summed E-state index contributed by atoms with van der Waals surface area (Å²) in [5, 5.41) is 0. The summed E-state index contributed by atoms with van der Waals surface area (Å²) in [5.41, 5.74) is -0.226. The molecule has 0 aliphatic heterocycles. The minimum Gasteiger partial charge on any atom is -0.303 e. The Balaban J connectivity index is -0.000000578. The van der Waals surface area contributed by atoms with Crippen LogP contribution in [0.15, 0.2) is 12.7 Å². The number of carbonyl (C=O) groups excluding carboxylic acids is 1. The fourth-order valence-electron chi connectivity index (χ4n) is 2.30. The molecule has 0 amide bonds. The molecule has 0 heterocycles. The molecule has 0 fully saturated rings. The molecule has 0 aromatic rings. The second-order valence-corrected chi connectivity index (χ2v) is 11.0. The summed E-state index contributed by atoms with van der Waals surface area (Å²) in [5.74, 6) is -0.785. The fourth-order valence-corrected chi connectivity index (χ4v) is 6.90. The van der Waals surface area contributed by atoms with E-state index in [1.54, 1.807) is 0 Å². The summed E-state index contributed by atoms with van der Waals surface area (Å²) in [4.78, 5) is 11.1. The van der Waals surface area contributed by atoms with Gasteiger partial charge in [-0.3, -0.25) is 0 Å². The minimum absolute atomic E-state index is 0. The van der Waals surface area contributed by atoms with Gasteiger partial charge < -0.3 is 4.52 Å². The van der Waals surface area contributed by atoms with Gasteiger partial charge in [-0.05, 0) is 41.5 Å². The van der Waals surface area contributed by atoms with E-state index in [1.165, 1.54) is 5.92 Å². The summed E-state index contributed by atoms with van der Waals surface area (Å²) in [6.45, 7) is 18.5. The van der Waals surface area contributed by atoms with Crippen LogP contribution >= 0.6 is 7.49 Å². The van der Waals surface area contributed by atoms with E-state index in [-0.39, 0.29) is 37.4 Å². The van der Waals surface area contributed by atoms with E-state index in [0.29, 0.717) is 0 Å². The van der Waals surface area contributed by atoms with Gasteiger partial charge in [0, 0.05) is 20.4 Å². The molecule has 0 aromatic heterocycles. The van der Waals surface area contributed by atoms with Gasteiger partial charge >= 0.3 is 12.1 Å². The summed E-state index contributed by atoms with van der Waals surface area (Å²) in [6.07, 6.45) is -3.08. The average Bonchev–Trinajstić information content (AvgIpc) is 2.33. The predicted octanol–water partition coefficient (Wildman–Crippen LogP) is 6.03. The first-order valence-corrected chi connectivity index (χ1v) is 9.26. The summed E-state index contributed by atoms with van der Waals surface area (Å²) in [7, 11) is -2.43. The SMILES string of the molecule is C=C[C-](C)C.CC(C)[P+](OC(=O)C(F)(F)F)(C(C)C)C(C)C.[Pd]. The number of halogens is 3. The van der Waals surface area contributed by atoms with Crippen molar-refractivity contribution in [2.75, 3.05) is 0 Å². The molecule has 0 N–H and O–H groups in total. The molecule has 0 unspecified atom stereocenters. The molecule has 7 heteroatoms. The van der Waals surface area contributed by atoms with Crippen molar-refractivity contribution in [2.45, 2.75) is 78.5 Å². The quantitative estimate of drug-likeness (QED) is 0.291. The number of hydrogen-bond donors (Lipinski definition) is 0. The van der Waals surface area contributed by atoms with Gasteiger partial charge in [-0.1, -0.05) is 0 Å². The number of rotatable bonds is 5. The molecular weight excluding hydrogens is 419 g/mol. The monoisotopic (exact) mass is 448 g/mol. The Bertz CT molecular complexity index is 332. The summed E-state index contributed by atoms with van der Waals surface area (Å²) >= 11 is 0. The van der Waals surface area contributed by atoms with Gasteiger partial charge in [-0.2, -0.15) is 13.2 Å². The zero-order valence-corrected chi connectivity index (χ0v) is 17.7. The van der Waals surface area contributed by atoms with Crippen molar-refractivity contribution < 1.29 is 42.9 Å². The van der Waals surface area contributed by atoms with Gasteiger partial charge in [-0.25, -0.2) is 23.4 Å². The van der Waals surface area contributed by atoms with Crippen molar-refractivity contribution in [2.24, 2.45) is 0 Å². The standard InChI is InChI=1S/C11H21F3O2P.C5H9.Pd/c1-7(2)17(8(3)4,9(5)6)16-10(15)11(12,13)14;1-4-5(2)3;/h7-9H,1-6H3;4H,1H2,2-3H3;/q+1;-1;. The van der Waals surface area contributed by atoms with E-state index in [4.69, 9.17) is 4.52 Å². The third-order valence-corrected chi connectivity index (χ3v) is 8.63. The van der Waals surface area contributed by atoms with Crippen LogP contribution in [0.3, 0.4) is 0 Å². The van der Waals surface area contributed by atoms with Gasteiger partial charge in [-0.15, -0.1) is 13.8 Å². The summed E-state index contributed by atoms with van der Waals surface area (Å²) in [6, 6.07) is 0. The first kappa shape index (κ1) is 27.8. The Labute approximate surface area is 153 Å². The van der Waals surface area contributed by atoms with E-state index in [1.807, 2.05) is 61.5 Å². The molecule has 142 valence electrons. The van der Waals surface area contributed by atoms with Crippen LogP contribution in [0.1, 0.15) is 55.4 Å². The van der Waals surface area contributed by atoms with Crippen molar-refractivity contribution in [1.82, 2.24) is 0 Å². The van der Waals surface area contributed by atoms with E-state index < -0.39 is 19.6 Å². The zero-order valence-electron chi connectivity index (χ0n) is 15.2. The van der Waals surface area contributed by atoms with Crippen LogP contribution in [0.4, 0.5) is 13.2 Å². The third kappa shape index (κ3) is 9.13. The second kappa shape index (κ2) is 11.5. The van der Waals surface area contributed by atoms with Crippen LogP contribution < -0.4 is 0 Å². The van der Waals surface area contributed by atoms with Crippen LogP contribution in [-0.4, -0.2) is 29.1 Å². The molecule has 2 nitrogen and oxygen atoms in total. The molecule has 0 atom stereocenters. The van der Waals surface area contributed by atoms with Crippen molar-refractivity contribution in [3.63, 3.8) is 0 Å². The minimum atomic E-state index is -4.91. The van der Waals surface area contributed by atoms with E-state index in [2.05, 4.69) is 6.58 Å². The van der Waals surface area contributed by atoms with Crippen molar-refractivity contribution >= 4 is 13.5 Å². The van der Waals surface area contributed by atoms with Crippen LogP contribution in [0.2, 0.25) is 0 Å². The molecule has 0 saturated heterocycles. The first-order valence-electron chi connectivity index (χ1n) is 7.34. The number of carbonyl (C=O) groups is 1. The number of allylic oxidation sites excluding steroid dienone is 1. The molecule has 0 aliphatic carbocycles. The Hall–Kier alpha value is -0.0377. The normalized spacial score (nSPS) is 11.6. The molecular formula is C16H30F3O2PPd. The molecule has 0 spiro atoms. The fraction of sp³-hybridized carbons (Fsp3) is 0.750. The zero-order chi connectivity index (χ0) is 18.3. The van der Waals surface area contributed by atoms with Crippen LogP contribution in [0, 0.1) is 5.92 Å². The maximum Gasteiger partial charge on any atom is 0.495 e. The van der Waals surface area contributed by atoms with Crippen molar-refractivity contribution in [3.8, 4) is 0 Å². The average molecular weight is 449 g/mol. The van der Waals surface area contributed by atoms with Gasteiger partial charge in [0.25, 0.3) is 0 Å². The van der Waals surface area contributed by atoms with E-state index >= 15 is 0 Å². The molecule has 0 aliphatic rings. The second-order valence-electron chi connectivity index (χ2n) is 6.20. The van der Waals surface area contributed by atoms with Crippen LogP contribution in [0.5, 0.6) is 0 Å². The van der Waals surface area contributed by atoms with Gasteiger partial charge in [0.05, 0.1) is 17.0 Å². The molecule has 0 rings (SSSR count). The van der Waals surface area contributed by atoms with Crippen LogP contribution in [0.25, 0.3) is 0 Å². The Kier molecular flexibility index (Phi) is 13.9. The van der Waals surface area contributed by atoms with Gasteiger partial charge in [0.15, 0.2) is 0 Å². The smallest absolute Gasteiger partial charge is 0.303 e. The van der Waals surface area contributed by atoms with Gasteiger partial charge in [0.1, 0.15) is 0 Å². The molecule has 0 radical (unpaired) electrons. The van der Waals surface area contributed by atoms with Crippen molar-refractivity contribution in [3.05, 3.63) is 18.6 Å². The number of alkyl halides is 3. The molecule has 23 heavy (non-hydrogen) atoms. The summed E-state index contributed by atoms with van der Waals surface area (Å²) < 4.78 is 41.9. The predicted molar refractivity (Wildman–Crippen MR) is 89.3 cm³/mol. The Morgan fingerprint density at radius 1 is 1.04 bits per heavy atom. The van der Waals surface area contributed by atoms with E-state index in [9.17, 15) is 18.0 Å². The van der Waals surface area contributed by atoms with Crippen molar-refractivity contribution in [1.29, 1.82) is 0 Å². The molecule has 0 saturated carbocycles. The molecule has 0 aromatic carbocycles. The Morgan fingerprint density at radius 3 is 1.43 bits per heavy atom. The maximum atomic E-state index is 12.3. The van der Waals surface area contributed by atoms with Gasteiger partial charge in [0.2, 0.25) is 7.49 Å². The largest absolute Gasteiger partial charge is 0.495 e. The van der Waals surface area contributed by atoms with Crippen LogP contribution in [-0.2, 0) is 29.7 Å². The maximum absolute atomic E-state index is 12.3. The molecule has 0 bridgehead atoms.